The standard InChI is InChI=1S/C14H15BrClFN2O/c1-14(3-2-4-20-8-14)19-12-5-9(15)10(17)6-11(12)18-13(19)7-16/h5-6H,2-4,7-8H2,1H3. The molecule has 2 heterocycles. The number of benzene rings is 1. The van der Waals surface area contributed by atoms with Crippen LogP contribution < -0.4 is 0 Å². The van der Waals surface area contributed by atoms with E-state index in [9.17, 15) is 4.39 Å². The molecule has 0 spiro atoms. The Balaban J connectivity index is 2.24. The van der Waals surface area contributed by atoms with Crippen molar-refractivity contribution in [1.29, 1.82) is 0 Å². The van der Waals surface area contributed by atoms with E-state index in [0.29, 0.717) is 22.5 Å². The van der Waals surface area contributed by atoms with Crippen LogP contribution in [-0.2, 0) is 16.2 Å². The molecule has 1 aliphatic heterocycles. The molecule has 0 bridgehead atoms. The molecular formula is C14H15BrClFN2O. The van der Waals surface area contributed by atoms with E-state index in [1.54, 1.807) is 6.07 Å². The van der Waals surface area contributed by atoms with Gasteiger partial charge in [0.25, 0.3) is 0 Å². The Kier molecular flexibility index (Phi) is 3.77. The molecule has 1 aromatic heterocycles. The zero-order valence-electron chi connectivity index (χ0n) is 11.1. The van der Waals surface area contributed by atoms with Crippen LogP contribution in [0, 0.1) is 5.82 Å². The Hall–Kier alpha value is -0.650. The Morgan fingerprint density at radius 2 is 2.35 bits per heavy atom. The minimum absolute atomic E-state index is 0.186. The van der Waals surface area contributed by atoms with Crippen LogP contribution in [0.25, 0.3) is 11.0 Å². The lowest BCUT2D eigenvalue weighted by Crippen LogP contribution is -2.39. The van der Waals surface area contributed by atoms with E-state index >= 15 is 0 Å². The molecule has 0 aliphatic carbocycles. The van der Waals surface area contributed by atoms with Gasteiger partial charge in [-0.25, -0.2) is 9.37 Å². The summed E-state index contributed by atoms with van der Waals surface area (Å²) < 4.78 is 21.9. The first-order chi connectivity index (χ1) is 9.55. The second-order valence-corrected chi connectivity index (χ2v) is 6.53. The first kappa shape index (κ1) is 14.3. The summed E-state index contributed by atoms with van der Waals surface area (Å²) in [6.45, 7) is 3.55. The molecule has 3 rings (SSSR count). The Bertz CT molecular complexity index is 652. The van der Waals surface area contributed by atoms with Gasteiger partial charge in [-0.05, 0) is 41.8 Å². The summed E-state index contributed by atoms with van der Waals surface area (Å²) in [5, 5.41) is 0. The van der Waals surface area contributed by atoms with Gasteiger partial charge in [-0.1, -0.05) is 0 Å². The van der Waals surface area contributed by atoms with Crippen molar-refractivity contribution >= 4 is 38.6 Å². The smallest absolute Gasteiger partial charge is 0.139 e. The number of aromatic nitrogens is 2. The van der Waals surface area contributed by atoms with Crippen LogP contribution in [0.3, 0.4) is 0 Å². The quantitative estimate of drug-likeness (QED) is 0.750. The monoisotopic (exact) mass is 360 g/mol. The molecule has 2 aromatic rings. The molecule has 3 nitrogen and oxygen atoms in total. The van der Waals surface area contributed by atoms with Crippen LogP contribution in [-0.4, -0.2) is 22.8 Å². The largest absolute Gasteiger partial charge is 0.379 e. The van der Waals surface area contributed by atoms with E-state index in [0.717, 1.165) is 30.8 Å². The van der Waals surface area contributed by atoms with Crippen molar-refractivity contribution in [3.63, 3.8) is 0 Å². The van der Waals surface area contributed by atoms with Gasteiger partial charge < -0.3 is 9.30 Å². The number of alkyl halides is 1. The van der Waals surface area contributed by atoms with Gasteiger partial charge in [0.2, 0.25) is 0 Å². The van der Waals surface area contributed by atoms with Gasteiger partial charge in [-0.2, -0.15) is 0 Å². The zero-order valence-corrected chi connectivity index (χ0v) is 13.5. The molecule has 1 aromatic carbocycles. The molecule has 20 heavy (non-hydrogen) atoms. The highest BCUT2D eigenvalue weighted by Gasteiger charge is 2.33. The fourth-order valence-corrected chi connectivity index (χ4v) is 3.42. The predicted octanol–water partition coefficient (Wildman–Crippen LogP) is 4.20. The van der Waals surface area contributed by atoms with Crippen molar-refractivity contribution in [2.24, 2.45) is 0 Å². The maximum absolute atomic E-state index is 13.7. The average Bonchev–Trinajstić information content (AvgIpc) is 2.78. The average molecular weight is 362 g/mol. The summed E-state index contributed by atoms with van der Waals surface area (Å²) in [6.07, 6.45) is 2.00. The first-order valence-electron chi connectivity index (χ1n) is 6.56. The van der Waals surface area contributed by atoms with Gasteiger partial charge in [0.1, 0.15) is 11.6 Å². The van der Waals surface area contributed by atoms with Crippen molar-refractivity contribution in [1.82, 2.24) is 9.55 Å². The van der Waals surface area contributed by atoms with Crippen molar-refractivity contribution in [2.45, 2.75) is 31.2 Å². The van der Waals surface area contributed by atoms with Gasteiger partial charge in [0.15, 0.2) is 0 Å². The molecule has 0 amide bonds. The molecule has 1 saturated heterocycles. The minimum Gasteiger partial charge on any atom is -0.379 e. The summed E-state index contributed by atoms with van der Waals surface area (Å²) in [5.41, 5.74) is 1.34. The predicted molar refractivity (Wildman–Crippen MR) is 80.6 cm³/mol. The molecule has 0 radical (unpaired) electrons. The lowest BCUT2D eigenvalue weighted by molar-refractivity contribution is 0.0104. The van der Waals surface area contributed by atoms with E-state index in [2.05, 4.69) is 32.4 Å². The number of hydrogen-bond donors (Lipinski definition) is 0. The maximum Gasteiger partial charge on any atom is 0.139 e. The Labute approximate surface area is 130 Å². The second kappa shape index (κ2) is 5.28. The normalized spacial score (nSPS) is 23.4. The Morgan fingerprint density at radius 1 is 1.55 bits per heavy atom. The lowest BCUT2D eigenvalue weighted by atomic mass is 9.94. The van der Waals surface area contributed by atoms with Gasteiger partial charge in [0.05, 0.1) is 33.5 Å². The van der Waals surface area contributed by atoms with E-state index in [4.69, 9.17) is 16.3 Å². The number of nitrogens with zero attached hydrogens (tertiary/aromatic N) is 2. The first-order valence-corrected chi connectivity index (χ1v) is 7.88. The van der Waals surface area contributed by atoms with E-state index < -0.39 is 0 Å². The van der Waals surface area contributed by atoms with Gasteiger partial charge >= 0.3 is 0 Å². The molecule has 1 aliphatic rings. The van der Waals surface area contributed by atoms with Crippen molar-refractivity contribution < 1.29 is 9.13 Å². The molecule has 1 atom stereocenters. The van der Waals surface area contributed by atoms with E-state index in [1.165, 1.54) is 6.07 Å². The number of hydrogen-bond acceptors (Lipinski definition) is 2. The van der Waals surface area contributed by atoms with Crippen LogP contribution in [0.15, 0.2) is 16.6 Å². The number of fused-ring (bicyclic) bond motifs is 1. The molecular weight excluding hydrogens is 347 g/mol. The van der Waals surface area contributed by atoms with Crippen LogP contribution in [0.4, 0.5) is 4.39 Å². The molecule has 6 heteroatoms. The van der Waals surface area contributed by atoms with E-state index in [-0.39, 0.29) is 11.4 Å². The van der Waals surface area contributed by atoms with Crippen molar-refractivity contribution in [3.05, 3.63) is 28.2 Å². The van der Waals surface area contributed by atoms with Crippen LogP contribution in [0.1, 0.15) is 25.6 Å². The third-order valence-electron chi connectivity index (χ3n) is 3.84. The summed E-state index contributed by atoms with van der Waals surface area (Å²) in [5.74, 6) is 0.740. The molecule has 0 N–H and O–H groups in total. The zero-order chi connectivity index (χ0) is 14.3. The molecule has 1 fully saturated rings. The molecule has 108 valence electrons. The summed E-state index contributed by atoms with van der Waals surface area (Å²) in [6, 6.07) is 3.21. The number of halogens is 3. The summed E-state index contributed by atoms with van der Waals surface area (Å²) >= 11 is 9.28. The molecule has 0 saturated carbocycles. The number of rotatable bonds is 2. The third-order valence-corrected chi connectivity index (χ3v) is 4.69. The highest BCUT2D eigenvalue weighted by Crippen LogP contribution is 2.34. The van der Waals surface area contributed by atoms with Gasteiger partial charge in [-0.15, -0.1) is 11.6 Å². The van der Waals surface area contributed by atoms with Crippen molar-refractivity contribution in [2.75, 3.05) is 13.2 Å². The fraction of sp³-hybridized carbons (Fsp3) is 0.500. The fourth-order valence-electron chi connectivity index (χ4n) is 2.91. The Morgan fingerprint density at radius 3 is 3.00 bits per heavy atom. The van der Waals surface area contributed by atoms with Crippen LogP contribution >= 0.6 is 27.5 Å². The van der Waals surface area contributed by atoms with E-state index in [1.807, 2.05) is 0 Å². The third kappa shape index (κ3) is 2.26. The van der Waals surface area contributed by atoms with Crippen LogP contribution in [0.2, 0.25) is 0 Å². The number of imidazole rings is 1. The summed E-state index contributed by atoms with van der Waals surface area (Å²) in [4.78, 5) is 4.47. The van der Waals surface area contributed by atoms with Gasteiger partial charge in [-0.3, -0.25) is 0 Å². The maximum atomic E-state index is 13.7. The van der Waals surface area contributed by atoms with Gasteiger partial charge in [0, 0.05) is 12.7 Å². The number of ether oxygens (including phenoxy) is 1. The molecule has 1 unspecified atom stereocenters. The highest BCUT2D eigenvalue weighted by molar-refractivity contribution is 9.10. The summed E-state index contributed by atoms with van der Waals surface area (Å²) in [7, 11) is 0. The lowest BCUT2D eigenvalue weighted by Gasteiger charge is -2.36. The topological polar surface area (TPSA) is 27.1 Å². The van der Waals surface area contributed by atoms with Crippen molar-refractivity contribution in [3.8, 4) is 0 Å². The second-order valence-electron chi connectivity index (χ2n) is 5.41. The highest BCUT2D eigenvalue weighted by atomic mass is 79.9. The van der Waals surface area contributed by atoms with Crippen LogP contribution in [0.5, 0.6) is 0 Å². The SMILES string of the molecule is CC1(n2c(CCl)nc3cc(F)c(Br)cc32)CCCOC1. The minimum atomic E-state index is -0.312.